The van der Waals surface area contributed by atoms with Gasteiger partial charge in [0.1, 0.15) is 0 Å². The molecule has 0 radical (unpaired) electrons. The first-order valence-corrected chi connectivity index (χ1v) is 8.43. The predicted octanol–water partition coefficient (Wildman–Crippen LogP) is 3.23. The number of thioether (sulfide) groups is 1. The van der Waals surface area contributed by atoms with Crippen LogP contribution in [0.25, 0.3) is 0 Å². The van der Waals surface area contributed by atoms with Crippen molar-refractivity contribution in [2.75, 3.05) is 32.1 Å². The van der Waals surface area contributed by atoms with Crippen LogP contribution in [0.15, 0.2) is 0 Å². The van der Waals surface area contributed by atoms with Crippen LogP contribution in [0.4, 0.5) is 0 Å². The predicted molar refractivity (Wildman–Crippen MR) is 82.1 cm³/mol. The second kappa shape index (κ2) is 11.4. The summed E-state index contributed by atoms with van der Waals surface area (Å²) >= 11 is 1.96. The molecule has 17 heavy (non-hydrogen) atoms. The number of hydrogen-bond donors (Lipinski definition) is 1. The van der Waals surface area contributed by atoms with E-state index < -0.39 is 0 Å². The molecule has 2 nitrogen and oxygen atoms in total. The molecule has 1 N–H and O–H groups in total. The third kappa shape index (κ3) is 9.93. The molecule has 0 aromatic rings. The van der Waals surface area contributed by atoms with Crippen molar-refractivity contribution in [3.05, 3.63) is 0 Å². The van der Waals surface area contributed by atoms with Gasteiger partial charge in [-0.1, -0.05) is 27.2 Å². The minimum atomic E-state index is 0.628. The Hall–Kier alpha value is 0.270. The summed E-state index contributed by atoms with van der Waals surface area (Å²) < 4.78 is 0. The van der Waals surface area contributed by atoms with Crippen LogP contribution in [0.5, 0.6) is 0 Å². The minimum Gasteiger partial charge on any atom is -0.315 e. The van der Waals surface area contributed by atoms with E-state index in [2.05, 4.69) is 44.3 Å². The van der Waals surface area contributed by atoms with Crippen molar-refractivity contribution >= 4 is 11.8 Å². The Bertz CT molecular complexity index is 162. The van der Waals surface area contributed by atoms with Gasteiger partial charge in [-0.2, -0.15) is 11.8 Å². The van der Waals surface area contributed by atoms with Crippen LogP contribution in [-0.4, -0.2) is 49.1 Å². The van der Waals surface area contributed by atoms with Crippen molar-refractivity contribution in [1.29, 1.82) is 0 Å². The van der Waals surface area contributed by atoms with E-state index in [1.165, 1.54) is 44.5 Å². The molecule has 3 heteroatoms. The topological polar surface area (TPSA) is 15.3 Å². The highest BCUT2D eigenvalue weighted by molar-refractivity contribution is 7.98. The van der Waals surface area contributed by atoms with E-state index in [9.17, 15) is 0 Å². The Kier molecular flexibility index (Phi) is 11.5. The molecule has 0 amide bonds. The van der Waals surface area contributed by atoms with E-state index in [4.69, 9.17) is 0 Å². The standard InChI is InChI=1S/C14H32N2S/c1-6-14(12-17-5)16(4)11-9-7-8-10-15-13(2)3/h13-15H,6-12H2,1-5H3. The summed E-state index contributed by atoms with van der Waals surface area (Å²) in [6, 6.07) is 1.39. The average molecular weight is 260 g/mol. The fourth-order valence-electron chi connectivity index (χ4n) is 1.99. The molecule has 0 aliphatic heterocycles. The first-order valence-electron chi connectivity index (χ1n) is 7.04. The van der Waals surface area contributed by atoms with E-state index in [-0.39, 0.29) is 0 Å². The summed E-state index contributed by atoms with van der Waals surface area (Å²) in [4.78, 5) is 2.53. The Morgan fingerprint density at radius 1 is 1.18 bits per heavy atom. The number of rotatable bonds is 11. The Morgan fingerprint density at radius 3 is 2.41 bits per heavy atom. The number of nitrogens with zero attached hydrogens (tertiary/aromatic N) is 1. The lowest BCUT2D eigenvalue weighted by atomic mass is 10.2. The smallest absolute Gasteiger partial charge is 0.0180 e. The zero-order valence-corrected chi connectivity index (χ0v) is 13.3. The van der Waals surface area contributed by atoms with Crippen LogP contribution in [0.3, 0.4) is 0 Å². The zero-order valence-electron chi connectivity index (χ0n) is 12.5. The maximum atomic E-state index is 3.47. The van der Waals surface area contributed by atoms with Crippen LogP contribution in [-0.2, 0) is 0 Å². The quantitative estimate of drug-likeness (QED) is 0.574. The normalized spacial score (nSPS) is 13.6. The van der Waals surface area contributed by atoms with E-state index in [0.29, 0.717) is 6.04 Å². The summed E-state index contributed by atoms with van der Waals surface area (Å²) in [7, 11) is 2.27. The summed E-state index contributed by atoms with van der Waals surface area (Å²) in [5, 5.41) is 3.47. The van der Waals surface area contributed by atoms with Gasteiger partial charge in [-0.05, 0) is 45.7 Å². The number of unbranched alkanes of at least 4 members (excludes halogenated alkanes) is 2. The van der Waals surface area contributed by atoms with Gasteiger partial charge in [0.2, 0.25) is 0 Å². The lowest BCUT2D eigenvalue weighted by Crippen LogP contribution is -2.34. The van der Waals surface area contributed by atoms with Gasteiger partial charge in [-0.15, -0.1) is 0 Å². The van der Waals surface area contributed by atoms with Gasteiger partial charge < -0.3 is 10.2 Å². The molecular formula is C14H32N2S. The Balaban J connectivity index is 3.46. The van der Waals surface area contributed by atoms with Gasteiger partial charge in [0.25, 0.3) is 0 Å². The van der Waals surface area contributed by atoms with E-state index in [1.807, 2.05) is 11.8 Å². The lowest BCUT2D eigenvalue weighted by Gasteiger charge is -2.26. The van der Waals surface area contributed by atoms with Crippen LogP contribution in [0.2, 0.25) is 0 Å². The second-order valence-corrected chi connectivity index (χ2v) is 6.08. The highest BCUT2D eigenvalue weighted by Crippen LogP contribution is 2.09. The van der Waals surface area contributed by atoms with E-state index >= 15 is 0 Å². The monoisotopic (exact) mass is 260 g/mol. The lowest BCUT2D eigenvalue weighted by molar-refractivity contribution is 0.250. The number of hydrogen-bond acceptors (Lipinski definition) is 3. The molecule has 0 aliphatic rings. The molecule has 0 aliphatic carbocycles. The summed E-state index contributed by atoms with van der Waals surface area (Å²) in [6.45, 7) is 9.14. The van der Waals surface area contributed by atoms with Crippen LogP contribution >= 0.6 is 11.8 Å². The second-order valence-electron chi connectivity index (χ2n) is 5.17. The van der Waals surface area contributed by atoms with Crippen molar-refractivity contribution in [2.45, 2.75) is 58.5 Å². The van der Waals surface area contributed by atoms with Crippen molar-refractivity contribution in [3.8, 4) is 0 Å². The molecule has 0 rings (SSSR count). The van der Waals surface area contributed by atoms with Gasteiger partial charge in [0.05, 0.1) is 0 Å². The minimum absolute atomic E-state index is 0.628. The van der Waals surface area contributed by atoms with Crippen molar-refractivity contribution in [3.63, 3.8) is 0 Å². The molecule has 0 aromatic carbocycles. The molecule has 0 fully saturated rings. The van der Waals surface area contributed by atoms with Crippen molar-refractivity contribution in [2.24, 2.45) is 0 Å². The largest absolute Gasteiger partial charge is 0.315 e. The van der Waals surface area contributed by atoms with Gasteiger partial charge in [-0.25, -0.2) is 0 Å². The third-order valence-corrected chi connectivity index (χ3v) is 3.91. The van der Waals surface area contributed by atoms with E-state index in [1.54, 1.807) is 0 Å². The van der Waals surface area contributed by atoms with Crippen LogP contribution in [0.1, 0.15) is 46.5 Å². The van der Waals surface area contributed by atoms with Crippen LogP contribution < -0.4 is 5.32 Å². The molecule has 0 saturated carbocycles. The maximum Gasteiger partial charge on any atom is 0.0180 e. The van der Waals surface area contributed by atoms with Gasteiger partial charge >= 0.3 is 0 Å². The SMILES string of the molecule is CCC(CSC)N(C)CCCCCNC(C)C. The van der Waals surface area contributed by atoms with Gasteiger partial charge in [-0.3, -0.25) is 0 Å². The molecule has 1 atom stereocenters. The van der Waals surface area contributed by atoms with Crippen molar-refractivity contribution < 1.29 is 0 Å². The highest BCUT2D eigenvalue weighted by atomic mass is 32.2. The average Bonchev–Trinajstić information content (AvgIpc) is 2.29. The maximum absolute atomic E-state index is 3.47. The third-order valence-electron chi connectivity index (χ3n) is 3.19. The molecule has 0 spiro atoms. The highest BCUT2D eigenvalue weighted by Gasteiger charge is 2.10. The first-order chi connectivity index (χ1) is 8.11. The Labute approximate surface area is 113 Å². The van der Waals surface area contributed by atoms with Crippen LogP contribution in [0, 0.1) is 0 Å². The zero-order chi connectivity index (χ0) is 13.1. The molecule has 0 heterocycles. The summed E-state index contributed by atoms with van der Waals surface area (Å²) in [5.74, 6) is 1.27. The summed E-state index contributed by atoms with van der Waals surface area (Å²) in [5.41, 5.74) is 0. The molecule has 0 bridgehead atoms. The fourth-order valence-corrected chi connectivity index (χ4v) is 2.86. The number of nitrogens with one attached hydrogen (secondary N) is 1. The molecular weight excluding hydrogens is 228 g/mol. The van der Waals surface area contributed by atoms with Gasteiger partial charge in [0.15, 0.2) is 0 Å². The van der Waals surface area contributed by atoms with Gasteiger partial charge in [0, 0.05) is 17.8 Å². The Morgan fingerprint density at radius 2 is 1.88 bits per heavy atom. The van der Waals surface area contributed by atoms with E-state index in [0.717, 1.165) is 6.04 Å². The first kappa shape index (κ1) is 17.3. The van der Waals surface area contributed by atoms with Crippen molar-refractivity contribution in [1.82, 2.24) is 10.2 Å². The molecule has 0 aromatic heterocycles. The summed E-state index contributed by atoms with van der Waals surface area (Å²) in [6.07, 6.45) is 7.46. The molecule has 1 unspecified atom stereocenters. The fraction of sp³-hybridized carbons (Fsp3) is 1.00. The molecule has 0 saturated heterocycles. The molecule has 104 valence electrons.